The lowest BCUT2D eigenvalue weighted by atomic mass is 10.0. The molecule has 2 aromatic carbocycles. The van der Waals surface area contributed by atoms with E-state index in [0.29, 0.717) is 16.3 Å². The molecule has 0 radical (unpaired) electrons. The fraction of sp³-hybridized carbons (Fsp3) is 0. The third-order valence-electron chi connectivity index (χ3n) is 2.37. The van der Waals surface area contributed by atoms with Gasteiger partial charge in [-0.05, 0) is 5.56 Å². The predicted molar refractivity (Wildman–Crippen MR) is 76.3 cm³/mol. The molecule has 5 heteroatoms. The van der Waals surface area contributed by atoms with Gasteiger partial charge < -0.3 is 5.73 Å². The molecule has 0 aliphatic rings. The Morgan fingerprint density at radius 2 is 1.24 bits per heavy atom. The molecule has 2 N–H and O–H groups in total. The first-order valence-corrected chi connectivity index (χ1v) is 6.22. The van der Waals surface area contributed by atoms with Gasteiger partial charge in [-0.1, -0.05) is 76.7 Å². The zero-order valence-electron chi connectivity index (χ0n) is 8.48. The molecule has 0 aromatic heterocycles. The van der Waals surface area contributed by atoms with Crippen LogP contribution in [0.15, 0.2) is 30.3 Å². The summed E-state index contributed by atoms with van der Waals surface area (Å²) < 4.78 is 0. The molecule has 0 amide bonds. The number of hydrogen-bond acceptors (Lipinski definition) is 1. The van der Waals surface area contributed by atoms with Gasteiger partial charge in [0.15, 0.2) is 0 Å². The van der Waals surface area contributed by atoms with Crippen LogP contribution < -0.4 is 5.73 Å². The van der Waals surface area contributed by atoms with Crippen molar-refractivity contribution in [2.75, 3.05) is 5.73 Å². The predicted octanol–water partition coefficient (Wildman–Crippen LogP) is 5.55. The molecular weight excluding hydrogens is 300 g/mol. The van der Waals surface area contributed by atoms with Crippen LogP contribution in [0.1, 0.15) is 0 Å². The highest BCUT2D eigenvalue weighted by Gasteiger charge is 2.19. The van der Waals surface area contributed by atoms with Crippen molar-refractivity contribution in [1.82, 2.24) is 0 Å². The average molecular weight is 307 g/mol. The topological polar surface area (TPSA) is 26.0 Å². The van der Waals surface area contributed by atoms with Crippen LogP contribution in [0.2, 0.25) is 20.1 Å². The van der Waals surface area contributed by atoms with Crippen LogP contribution >= 0.6 is 46.4 Å². The van der Waals surface area contributed by atoms with Crippen molar-refractivity contribution in [3.8, 4) is 11.1 Å². The summed E-state index contributed by atoms with van der Waals surface area (Å²) in [5, 5.41) is 0.923. The Balaban J connectivity index is 2.80. The van der Waals surface area contributed by atoms with E-state index in [4.69, 9.17) is 52.1 Å². The molecule has 17 heavy (non-hydrogen) atoms. The Kier molecular flexibility index (Phi) is 3.74. The monoisotopic (exact) mass is 305 g/mol. The first-order chi connectivity index (χ1) is 8.04. The van der Waals surface area contributed by atoms with Crippen molar-refractivity contribution in [1.29, 1.82) is 0 Å². The highest BCUT2D eigenvalue weighted by molar-refractivity contribution is 6.54. The van der Waals surface area contributed by atoms with Crippen LogP contribution in [0.25, 0.3) is 11.1 Å². The van der Waals surface area contributed by atoms with Gasteiger partial charge >= 0.3 is 0 Å². The molecule has 2 rings (SSSR count). The van der Waals surface area contributed by atoms with Crippen LogP contribution in [0.4, 0.5) is 5.69 Å². The highest BCUT2D eigenvalue weighted by atomic mass is 35.5. The maximum Gasteiger partial charge on any atom is 0.0844 e. The molecule has 0 aliphatic heterocycles. The zero-order chi connectivity index (χ0) is 12.6. The van der Waals surface area contributed by atoms with E-state index in [1.807, 2.05) is 30.3 Å². The summed E-state index contributed by atoms with van der Waals surface area (Å²) in [6.45, 7) is 0. The zero-order valence-corrected chi connectivity index (χ0v) is 11.5. The van der Waals surface area contributed by atoms with Crippen molar-refractivity contribution in [3.05, 3.63) is 50.4 Å². The number of nitrogen functional groups attached to an aromatic ring is 1. The van der Waals surface area contributed by atoms with Gasteiger partial charge in [-0.3, -0.25) is 0 Å². The van der Waals surface area contributed by atoms with Crippen molar-refractivity contribution in [2.45, 2.75) is 0 Å². The van der Waals surface area contributed by atoms with E-state index in [2.05, 4.69) is 0 Å². The van der Waals surface area contributed by atoms with Crippen molar-refractivity contribution in [2.24, 2.45) is 0 Å². The average Bonchev–Trinajstić information content (AvgIpc) is 2.36. The summed E-state index contributed by atoms with van der Waals surface area (Å²) in [4.78, 5) is 0. The number of benzene rings is 2. The Hall–Kier alpha value is -0.600. The maximum atomic E-state index is 6.16. The minimum absolute atomic E-state index is 0.176. The Labute approximate surface area is 119 Å². The second-order valence-electron chi connectivity index (χ2n) is 3.41. The third kappa shape index (κ3) is 2.21. The van der Waals surface area contributed by atoms with Gasteiger partial charge in [-0.25, -0.2) is 0 Å². The largest absolute Gasteiger partial charge is 0.397 e. The molecule has 0 saturated heterocycles. The Bertz CT molecular complexity index is 537. The second-order valence-corrected chi connectivity index (χ2v) is 4.92. The SMILES string of the molecule is Nc1c(Cl)c(Cl)c(Cl)c(Cl)c1-c1ccccc1. The normalized spacial score (nSPS) is 10.6. The van der Waals surface area contributed by atoms with Crippen LogP contribution in [0, 0.1) is 0 Å². The molecular formula is C12H7Cl4N. The maximum absolute atomic E-state index is 6.16. The summed E-state index contributed by atoms with van der Waals surface area (Å²) in [5.41, 5.74) is 7.70. The summed E-state index contributed by atoms with van der Waals surface area (Å²) in [5.74, 6) is 0. The smallest absolute Gasteiger partial charge is 0.0844 e. The van der Waals surface area contributed by atoms with Crippen LogP contribution in [-0.4, -0.2) is 0 Å². The highest BCUT2D eigenvalue weighted by Crippen LogP contribution is 2.47. The number of halogens is 4. The van der Waals surface area contributed by atoms with Crippen molar-refractivity contribution in [3.63, 3.8) is 0 Å². The molecule has 0 aliphatic carbocycles. The quantitative estimate of drug-likeness (QED) is 0.417. The van der Waals surface area contributed by atoms with E-state index in [1.54, 1.807) is 0 Å². The Morgan fingerprint density at radius 1 is 0.706 bits per heavy atom. The molecule has 0 fully saturated rings. The first kappa shape index (κ1) is 12.8. The molecule has 0 saturated carbocycles. The van der Waals surface area contributed by atoms with Gasteiger partial charge in [0.1, 0.15) is 0 Å². The second kappa shape index (κ2) is 4.95. The fourth-order valence-electron chi connectivity index (χ4n) is 1.54. The molecule has 0 heterocycles. The molecule has 0 bridgehead atoms. The lowest BCUT2D eigenvalue weighted by Crippen LogP contribution is -1.94. The lowest BCUT2D eigenvalue weighted by Gasteiger charge is -2.13. The molecule has 0 unspecified atom stereocenters. The Morgan fingerprint density at radius 3 is 1.82 bits per heavy atom. The van der Waals surface area contributed by atoms with E-state index in [1.165, 1.54) is 0 Å². The third-order valence-corrected chi connectivity index (χ3v) is 4.18. The van der Waals surface area contributed by atoms with Crippen LogP contribution in [0.5, 0.6) is 0 Å². The number of nitrogens with two attached hydrogens (primary N) is 1. The van der Waals surface area contributed by atoms with Crippen LogP contribution in [0.3, 0.4) is 0 Å². The van der Waals surface area contributed by atoms with E-state index in [-0.39, 0.29) is 15.1 Å². The molecule has 0 spiro atoms. The standard InChI is InChI=1S/C12H7Cl4N/c13-8-7(6-4-2-1-3-5-6)12(17)11(16)10(15)9(8)14/h1-5H,17H2. The van der Waals surface area contributed by atoms with Gasteiger partial charge in [-0.2, -0.15) is 0 Å². The van der Waals surface area contributed by atoms with Gasteiger partial charge in [-0.15, -0.1) is 0 Å². The number of rotatable bonds is 1. The minimum Gasteiger partial charge on any atom is -0.397 e. The number of hydrogen-bond donors (Lipinski definition) is 1. The molecule has 0 atom stereocenters. The van der Waals surface area contributed by atoms with Gasteiger partial charge in [0, 0.05) is 5.56 Å². The minimum atomic E-state index is 0.176. The van der Waals surface area contributed by atoms with Crippen LogP contribution in [-0.2, 0) is 0 Å². The first-order valence-electron chi connectivity index (χ1n) is 4.71. The van der Waals surface area contributed by atoms with Gasteiger partial charge in [0.2, 0.25) is 0 Å². The van der Waals surface area contributed by atoms with Crippen molar-refractivity contribution >= 4 is 52.1 Å². The molecule has 1 nitrogen and oxygen atoms in total. The molecule has 88 valence electrons. The molecule has 2 aromatic rings. The van der Waals surface area contributed by atoms with Gasteiger partial charge in [0.25, 0.3) is 0 Å². The lowest BCUT2D eigenvalue weighted by molar-refractivity contribution is 1.60. The number of anilines is 1. The van der Waals surface area contributed by atoms with E-state index in [0.717, 1.165) is 5.56 Å². The van der Waals surface area contributed by atoms with Crippen molar-refractivity contribution < 1.29 is 0 Å². The van der Waals surface area contributed by atoms with E-state index in [9.17, 15) is 0 Å². The van der Waals surface area contributed by atoms with E-state index >= 15 is 0 Å². The van der Waals surface area contributed by atoms with Gasteiger partial charge in [0.05, 0.1) is 25.8 Å². The summed E-state index contributed by atoms with van der Waals surface area (Å²) in [6, 6.07) is 9.39. The summed E-state index contributed by atoms with van der Waals surface area (Å²) in [6.07, 6.45) is 0. The summed E-state index contributed by atoms with van der Waals surface area (Å²) in [7, 11) is 0. The summed E-state index contributed by atoms with van der Waals surface area (Å²) >= 11 is 24.1. The van der Waals surface area contributed by atoms with E-state index < -0.39 is 0 Å². The fourth-order valence-corrected chi connectivity index (χ4v) is 2.51.